The van der Waals surface area contributed by atoms with Gasteiger partial charge in [0.05, 0.1) is 82.0 Å². The molecule has 0 amide bonds. The summed E-state index contributed by atoms with van der Waals surface area (Å²) in [6, 6.07) is 177. The number of fused-ring (bicyclic) bond motifs is 4. The molecule has 4 heterocycles. The lowest BCUT2D eigenvalue weighted by molar-refractivity contribution is 1.19. The van der Waals surface area contributed by atoms with Crippen molar-refractivity contribution in [3.63, 3.8) is 0 Å². The second kappa shape index (κ2) is 37.3. The zero-order chi connectivity index (χ0) is 97.9. The van der Waals surface area contributed by atoms with Crippen molar-refractivity contribution in [2.75, 3.05) is 29.4 Å². The quantitative estimate of drug-likeness (QED) is 0.0566. The van der Waals surface area contributed by atoms with Gasteiger partial charge in [0.15, 0.2) is 0 Å². The molecule has 12 nitrogen and oxygen atoms in total. The van der Waals surface area contributed by atoms with Crippen molar-refractivity contribution in [2.45, 2.75) is 19.6 Å². The SMILES string of the molecule is C[Si](C)(C)c1ccc(N(c2ccccc2)c2ccc3ccc4c(N(c5ccccc5)c5ccccn5)ccc5ccc2c3c54)cc1.N#Cc1ccc(N(c2ccccc2)c2ccc3ccc4c(N(c5ccccc5)c5ccc6ccc7cccnc7c6n5)ccc5ccc2c3c54)cc1.N#Cc1ccc(N(c2ccccc2)c2ccc3ccc4c(N(c5ccccc5)c5ccc6ccccc6n5)ccc5ccc2c3c54)cc1. The predicted molar refractivity (Wildman–Crippen MR) is 615 cm³/mol. The Morgan fingerprint density at radius 2 is 0.452 bits per heavy atom. The van der Waals surface area contributed by atoms with E-state index in [4.69, 9.17) is 19.9 Å². The van der Waals surface area contributed by atoms with Gasteiger partial charge in [-0.2, -0.15) is 10.5 Å². The number of aromatic nitrogens is 4. The average molecular weight is 1890 g/mol. The Kier molecular flexibility index (Phi) is 22.5. The van der Waals surface area contributed by atoms with E-state index in [0.717, 1.165) is 151 Å². The van der Waals surface area contributed by atoms with Crippen LogP contribution in [-0.2, 0) is 0 Å². The number of hydrogen-bond donors (Lipinski definition) is 0. The number of nitriles is 2. The highest BCUT2D eigenvalue weighted by Crippen LogP contribution is 2.53. The van der Waals surface area contributed by atoms with E-state index in [-0.39, 0.29) is 0 Å². The predicted octanol–water partition coefficient (Wildman–Crippen LogP) is 35.9. The third-order valence-corrected chi connectivity index (χ3v) is 30.3. The fraction of sp³-hybridized carbons (Fsp3) is 0.0226. The van der Waals surface area contributed by atoms with Crippen molar-refractivity contribution in [3.8, 4) is 12.1 Å². The molecular formula is C133H92N12Si. The first kappa shape index (κ1) is 88.0. The van der Waals surface area contributed by atoms with Crippen LogP contribution in [0, 0.1) is 22.7 Å². The number of pyridine rings is 4. The molecule has 0 saturated heterocycles. The smallest absolute Gasteiger partial charge is 0.138 e. The third-order valence-electron chi connectivity index (χ3n) is 28.2. The van der Waals surface area contributed by atoms with Gasteiger partial charge in [-0.15, -0.1) is 0 Å². The van der Waals surface area contributed by atoms with Crippen molar-refractivity contribution >= 4 is 246 Å². The van der Waals surface area contributed by atoms with Gasteiger partial charge in [-0.1, -0.05) is 298 Å². The molecular weight excluding hydrogens is 1790 g/mol. The van der Waals surface area contributed by atoms with Crippen LogP contribution < -0.4 is 34.6 Å². The lowest BCUT2D eigenvalue weighted by Gasteiger charge is -2.29. The van der Waals surface area contributed by atoms with Gasteiger partial charge in [0.25, 0.3) is 0 Å². The number of hydrogen-bond acceptors (Lipinski definition) is 12. The maximum Gasteiger partial charge on any atom is 0.138 e. The maximum atomic E-state index is 9.52. The first-order valence-corrected chi connectivity index (χ1v) is 52.7. The summed E-state index contributed by atoms with van der Waals surface area (Å²) in [6.45, 7) is 7.21. The van der Waals surface area contributed by atoms with E-state index in [2.05, 4.69) is 455 Å². The maximum absolute atomic E-state index is 9.52. The van der Waals surface area contributed by atoms with E-state index in [9.17, 15) is 10.5 Å². The van der Waals surface area contributed by atoms with E-state index in [1.165, 1.54) is 86.3 Å². The monoisotopic (exact) mass is 1880 g/mol. The molecule has 0 aliphatic carbocycles. The fourth-order valence-corrected chi connectivity index (χ4v) is 22.6. The van der Waals surface area contributed by atoms with Crippen LogP contribution in [0.2, 0.25) is 19.6 Å². The highest BCUT2D eigenvalue weighted by atomic mass is 28.3. The van der Waals surface area contributed by atoms with Gasteiger partial charge in [-0.05, 0) is 283 Å². The Bertz CT molecular complexity index is 9600. The molecule has 13 heteroatoms. The van der Waals surface area contributed by atoms with Gasteiger partial charge >= 0.3 is 0 Å². The molecule has 0 spiro atoms. The van der Waals surface area contributed by atoms with Gasteiger partial charge in [-0.3, -0.25) is 19.7 Å². The summed E-state index contributed by atoms with van der Waals surface area (Å²) < 4.78 is 0. The number of rotatable bonds is 19. The summed E-state index contributed by atoms with van der Waals surface area (Å²) in [5.41, 5.74) is 20.1. The van der Waals surface area contributed by atoms with Crippen LogP contribution in [-0.4, -0.2) is 28.0 Å². The Morgan fingerprint density at radius 1 is 0.192 bits per heavy atom. The largest absolute Gasteiger partial charge is 0.310 e. The molecule has 0 N–H and O–H groups in total. The van der Waals surface area contributed by atoms with Gasteiger partial charge in [0.1, 0.15) is 17.5 Å². The third kappa shape index (κ3) is 15.9. The summed E-state index contributed by atoms with van der Waals surface area (Å²) >= 11 is 0. The van der Waals surface area contributed by atoms with Crippen LogP contribution in [0.1, 0.15) is 11.1 Å². The molecule has 23 aromatic carbocycles. The van der Waals surface area contributed by atoms with E-state index in [0.29, 0.717) is 11.1 Å². The number of benzene rings is 23. The molecule has 146 heavy (non-hydrogen) atoms. The Hall–Kier alpha value is -19.4. The summed E-state index contributed by atoms with van der Waals surface area (Å²) in [7, 11) is -1.43. The van der Waals surface area contributed by atoms with Crippen LogP contribution in [0.3, 0.4) is 0 Å². The van der Waals surface area contributed by atoms with Crippen LogP contribution >= 0.6 is 0 Å². The lowest BCUT2D eigenvalue weighted by atomic mass is 9.92. The van der Waals surface area contributed by atoms with Crippen molar-refractivity contribution in [2.24, 2.45) is 0 Å². The fourth-order valence-electron chi connectivity index (χ4n) is 21.4. The molecule has 0 saturated carbocycles. The number of para-hydroxylation sites is 7. The zero-order valence-electron chi connectivity index (χ0n) is 80.3. The normalized spacial score (nSPS) is 11.5. The molecule has 0 fully saturated rings. The summed E-state index contributed by atoms with van der Waals surface area (Å²) in [6.07, 6.45) is 3.70. The first-order chi connectivity index (χ1) is 72.0. The van der Waals surface area contributed by atoms with Crippen molar-refractivity contribution in [1.82, 2.24) is 19.9 Å². The average Bonchev–Trinajstić information content (AvgIpc) is 0.724. The second-order valence-electron chi connectivity index (χ2n) is 37.8. The van der Waals surface area contributed by atoms with Crippen molar-refractivity contribution < 1.29 is 0 Å². The topological polar surface area (TPSA) is 119 Å². The zero-order valence-corrected chi connectivity index (χ0v) is 81.3. The summed E-state index contributed by atoms with van der Waals surface area (Å²) in [5, 5.41) is 45.3. The minimum Gasteiger partial charge on any atom is -0.310 e. The highest BCUT2D eigenvalue weighted by molar-refractivity contribution is 6.88. The van der Waals surface area contributed by atoms with Gasteiger partial charge in [0.2, 0.25) is 0 Å². The minimum absolute atomic E-state index is 0.632. The Morgan fingerprint density at radius 3 is 0.795 bits per heavy atom. The van der Waals surface area contributed by atoms with Crippen LogP contribution in [0.5, 0.6) is 0 Å². The van der Waals surface area contributed by atoms with Crippen LogP contribution in [0.4, 0.5) is 103 Å². The molecule has 0 atom stereocenters. The first-order valence-electron chi connectivity index (χ1n) is 49.2. The Labute approximate surface area is 846 Å². The van der Waals surface area contributed by atoms with Gasteiger partial charge in [-0.25, -0.2) is 15.0 Å². The molecule has 0 aliphatic rings. The van der Waals surface area contributed by atoms with Crippen molar-refractivity contribution in [3.05, 3.63) is 515 Å². The van der Waals surface area contributed by atoms with E-state index < -0.39 is 8.07 Å². The molecule has 0 bridgehead atoms. The molecule has 0 radical (unpaired) electrons. The van der Waals surface area contributed by atoms with E-state index in [1.807, 2.05) is 109 Å². The molecule has 0 aliphatic heterocycles. The lowest BCUT2D eigenvalue weighted by Crippen LogP contribution is -2.37. The number of nitrogens with zero attached hydrogens (tertiary/aromatic N) is 12. The molecule has 688 valence electrons. The van der Waals surface area contributed by atoms with Gasteiger partial charge in [0, 0.05) is 112 Å². The van der Waals surface area contributed by atoms with Gasteiger partial charge < -0.3 is 14.7 Å². The second-order valence-corrected chi connectivity index (χ2v) is 42.9. The van der Waals surface area contributed by atoms with E-state index in [1.54, 1.807) is 0 Å². The molecule has 0 unspecified atom stereocenters. The summed E-state index contributed by atoms with van der Waals surface area (Å²) in [4.78, 5) is 33.8. The van der Waals surface area contributed by atoms with Crippen LogP contribution in [0.25, 0.3) is 130 Å². The minimum atomic E-state index is -1.43. The van der Waals surface area contributed by atoms with E-state index >= 15 is 0 Å². The molecule has 4 aromatic heterocycles. The number of anilines is 18. The highest BCUT2D eigenvalue weighted by Gasteiger charge is 2.30. The Balaban J connectivity index is 0.000000114. The standard InChI is InChI=1S/C47H29N5.C44H28N4.C42H35N3Si/c48-30-31-13-22-38(23-14-31)51(36-9-3-1-4-10-36)41-26-19-32-18-25-40-42(27-20-33-17-24-39(41)44(32)45(33)40)52(37-11-5-2-6-12-37)43-28-21-35-16-15-34-8-7-29-49-46(34)47(35)50-43;45-29-30-15-22-36(23-16-30)47(34-10-3-1-4-11-34)40-26-19-32-18-25-38-41(27-20-33-17-24-37(40)43(32)44(33)38)48(35-12-5-2-6-13-35)42-28-21-31-9-7-8-14-39(31)46-42;1-46(2,3)35-23-21-34(22-24-35)44(32-12-6-4-7-13-32)38-27-19-30-18-26-37-39(28-20-31-17-25-36(38)41(30)42(31)37)45(33-14-8-5-9-15-33)40-16-10-11-29-43-40/h1-29H;1-28H;4-29H,1-3H3. The summed E-state index contributed by atoms with van der Waals surface area (Å²) in [5.74, 6) is 2.58. The van der Waals surface area contributed by atoms with Crippen LogP contribution in [0.15, 0.2) is 504 Å². The van der Waals surface area contributed by atoms with Crippen molar-refractivity contribution in [1.29, 1.82) is 10.5 Å². The molecule has 27 rings (SSSR count). The molecule has 27 aromatic rings.